The van der Waals surface area contributed by atoms with Crippen LogP contribution in [0.25, 0.3) is 0 Å². The fraction of sp³-hybridized carbons (Fsp3) is 0.308. The third-order valence-corrected chi connectivity index (χ3v) is 3.42. The van der Waals surface area contributed by atoms with E-state index in [0.717, 1.165) is 5.56 Å². The van der Waals surface area contributed by atoms with Crippen molar-refractivity contribution in [1.29, 1.82) is 0 Å². The van der Waals surface area contributed by atoms with Gasteiger partial charge in [-0.2, -0.15) is 0 Å². The van der Waals surface area contributed by atoms with Crippen LogP contribution in [0.1, 0.15) is 24.2 Å². The zero-order valence-corrected chi connectivity index (χ0v) is 12.8. The van der Waals surface area contributed by atoms with E-state index in [1.165, 1.54) is 10.9 Å². The Labute approximate surface area is 131 Å². The molecule has 8 heteroatoms. The molecule has 0 spiro atoms. The molecular formula is C13H14Cl2N4O2. The molecule has 0 aliphatic carbocycles. The predicted molar refractivity (Wildman–Crippen MR) is 79.0 cm³/mol. The molecular weight excluding hydrogens is 315 g/mol. The van der Waals surface area contributed by atoms with Crippen molar-refractivity contribution >= 4 is 29.1 Å². The molecule has 112 valence electrons. The Balaban J connectivity index is 1.98. The van der Waals surface area contributed by atoms with Crippen molar-refractivity contribution in [1.82, 2.24) is 20.3 Å². The fourth-order valence-electron chi connectivity index (χ4n) is 1.85. The summed E-state index contributed by atoms with van der Waals surface area (Å²) >= 11 is 11.9. The molecule has 2 aromatic rings. The lowest BCUT2D eigenvalue weighted by molar-refractivity contribution is -0.122. The maximum Gasteiger partial charge on any atom is 0.242 e. The van der Waals surface area contributed by atoms with Gasteiger partial charge in [-0.15, -0.1) is 5.10 Å². The first-order chi connectivity index (χ1) is 9.99. The smallest absolute Gasteiger partial charge is 0.242 e. The van der Waals surface area contributed by atoms with E-state index in [0.29, 0.717) is 15.7 Å². The zero-order chi connectivity index (χ0) is 15.4. The van der Waals surface area contributed by atoms with Crippen molar-refractivity contribution in [3.63, 3.8) is 0 Å². The number of amides is 1. The van der Waals surface area contributed by atoms with Gasteiger partial charge in [0.05, 0.1) is 18.8 Å². The van der Waals surface area contributed by atoms with Gasteiger partial charge in [0, 0.05) is 10.0 Å². The summed E-state index contributed by atoms with van der Waals surface area (Å²) in [5.74, 6) is -0.233. The van der Waals surface area contributed by atoms with Crippen LogP contribution >= 0.6 is 23.2 Å². The number of carbonyl (C=O) groups is 1. The SMILES string of the molecule is CC(NC(=O)Cn1cc(CO)nn1)c1ccc(Cl)cc1Cl. The van der Waals surface area contributed by atoms with Crippen molar-refractivity contribution in [2.45, 2.75) is 26.1 Å². The van der Waals surface area contributed by atoms with Gasteiger partial charge in [0.25, 0.3) is 0 Å². The molecule has 1 atom stereocenters. The summed E-state index contributed by atoms with van der Waals surface area (Å²) in [4.78, 5) is 11.9. The molecule has 0 bridgehead atoms. The lowest BCUT2D eigenvalue weighted by atomic mass is 10.1. The van der Waals surface area contributed by atoms with Crippen LogP contribution in [0.15, 0.2) is 24.4 Å². The Kier molecular flexibility index (Phi) is 5.17. The molecule has 0 radical (unpaired) electrons. The number of aliphatic hydroxyl groups is 1. The zero-order valence-electron chi connectivity index (χ0n) is 11.3. The minimum Gasteiger partial charge on any atom is -0.390 e. The minimum atomic E-state index is -0.261. The summed E-state index contributed by atoms with van der Waals surface area (Å²) in [6.07, 6.45) is 1.51. The highest BCUT2D eigenvalue weighted by molar-refractivity contribution is 6.35. The highest BCUT2D eigenvalue weighted by Crippen LogP contribution is 2.25. The largest absolute Gasteiger partial charge is 0.390 e. The molecule has 1 amide bonds. The number of hydrogen-bond donors (Lipinski definition) is 2. The number of aliphatic hydroxyl groups excluding tert-OH is 1. The number of aromatic nitrogens is 3. The minimum absolute atomic E-state index is 0.0164. The molecule has 2 rings (SSSR count). The third kappa shape index (κ3) is 4.17. The summed E-state index contributed by atoms with van der Waals surface area (Å²) in [6.45, 7) is 1.63. The number of benzene rings is 1. The van der Waals surface area contributed by atoms with E-state index in [-0.39, 0.29) is 25.1 Å². The fourth-order valence-corrected chi connectivity index (χ4v) is 2.43. The number of hydrogen-bond acceptors (Lipinski definition) is 4. The van der Waals surface area contributed by atoms with Crippen LogP contribution in [0.4, 0.5) is 0 Å². The Morgan fingerprint density at radius 3 is 2.86 bits per heavy atom. The predicted octanol–water partition coefficient (Wildman–Crippen LogP) is 1.95. The molecule has 0 aliphatic heterocycles. The molecule has 1 aromatic carbocycles. The number of nitrogens with zero attached hydrogens (tertiary/aromatic N) is 3. The number of halogens is 2. The summed E-state index contributed by atoms with van der Waals surface area (Å²) < 4.78 is 1.36. The van der Waals surface area contributed by atoms with Crippen molar-refractivity contribution in [2.24, 2.45) is 0 Å². The van der Waals surface area contributed by atoms with Gasteiger partial charge in [0.15, 0.2) is 0 Å². The molecule has 1 heterocycles. The van der Waals surface area contributed by atoms with E-state index in [1.807, 2.05) is 6.92 Å². The van der Waals surface area contributed by atoms with E-state index >= 15 is 0 Å². The van der Waals surface area contributed by atoms with Gasteiger partial charge in [-0.1, -0.05) is 34.5 Å². The topological polar surface area (TPSA) is 80.0 Å². The van der Waals surface area contributed by atoms with E-state index in [4.69, 9.17) is 28.3 Å². The molecule has 0 aliphatic rings. The first kappa shape index (κ1) is 15.8. The lowest BCUT2D eigenvalue weighted by Gasteiger charge is -2.15. The Hall–Kier alpha value is -1.63. The van der Waals surface area contributed by atoms with Gasteiger partial charge < -0.3 is 10.4 Å². The normalized spacial score (nSPS) is 12.2. The molecule has 2 N–H and O–H groups in total. The van der Waals surface area contributed by atoms with Crippen molar-refractivity contribution in [3.8, 4) is 0 Å². The molecule has 0 saturated carbocycles. The van der Waals surface area contributed by atoms with Gasteiger partial charge in [-0.05, 0) is 24.6 Å². The average molecular weight is 329 g/mol. The summed E-state index contributed by atoms with van der Waals surface area (Å²) in [5, 5.41) is 20.2. The first-order valence-electron chi connectivity index (χ1n) is 6.23. The molecule has 1 aromatic heterocycles. The standard InChI is InChI=1S/C13H14Cl2N4O2/c1-8(11-3-2-9(14)4-12(11)15)16-13(21)6-19-5-10(7-20)17-18-19/h2-5,8,20H,6-7H2,1H3,(H,16,21). The third-order valence-electron chi connectivity index (χ3n) is 2.86. The average Bonchev–Trinajstić information content (AvgIpc) is 2.85. The van der Waals surface area contributed by atoms with Gasteiger partial charge in [-0.3, -0.25) is 4.79 Å². The van der Waals surface area contributed by atoms with E-state index < -0.39 is 0 Å². The van der Waals surface area contributed by atoms with E-state index in [2.05, 4.69) is 15.6 Å². The van der Waals surface area contributed by atoms with Crippen LogP contribution in [-0.2, 0) is 17.9 Å². The highest BCUT2D eigenvalue weighted by Gasteiger charge is 2.14. The van der Waals surface area contributed by atoms with Crippen LogP contribution in [-0.4, -0.2) is 26.0 Å². The quantitative estimate of drug-likeness (QED) is 0.879. The molecule has 6 nitrogen and oxygen atoms in total. The van der Waals surface area contributed by atoms with Crippen LogP contribution in [0.2, 0.25) is 10.0 Å². The van der Waals surface area contributed by atoms with Gasteiger partial charge in [0.1, 0.15) is 12.2 Å². The van der Waals surface area contributed by atoms with Crippen molar-refractivity contribution in [2.75, 3.05) is 0 Å². The number of carbonyl (C=O) groups excluding carboxylic acids is 1. The molecule has 1 unspecified atom stereocenters. The number of rotatable bonds is 5. The van der Waals surface area contributed by atoms with E-state index in [9.17, 15) is 4.79 Å². The van der Waals surface area contributed by atoms with Crippen LogP contribution in [0, 0.1) is 0 Å². The van der Waals surface area contributed by atoms with Crippen molar-refractivity contribution in [3.05, 3.63) is 45.7 Å². The number of nitrogens with one attached hydrogen (secondary N) is 1. The maximum atomic E-state index is 11.9. The molecule has 0 fully saturated rings. The first-order valence-corrected chi connectivity index (χ1v) is 6.99. The van der Waals surface area contributed by atoms with Crippen LogP contribution in [0.5, 0.6) is 0 Å². The Morgan fingerprint density at radius 1 is 1.48 bits per heavy atom. The second-order valence-corrected chi connectivity index (χ2v) is 5.36. The Morgan fingerprint density at radius 2 is 2.24 bits per heavy atom. The van der Waals surface area contributed by atoms with Gasteiger partial charge in [-0.25, -0.2) is 4.68 Å². The van der Waals surface area contributed by atoms with Crippen LogP contribution < -0.4 is 5.32 Å². The Bertz CT molecular complexity index is 645. The van der Waals surface area contributed by atoms with Gasteiger partial charge in [0.2, 0.25) is 5.91 Å². The highest BCUT2D eigenvalue weighted by atomic mass is 35.5. The summed E-state index contributed by atoms with van der Waals surface area (Å²) in [5.41, 5.74) is 1.20. The maximum absolute atomic E-state index is 11.9. The monoisotopic (exact) mass is 328 g/mol. The lowest BCUT2D eigenvalue weighted by Crippen LogP contribution is -2.30. The van der Waals surface area contributed by atoms with Crippen molar-refractivity contribution < 1.29 is 9.90 Å². The second kappa shape index (κ2) is 6.89. The molecule has 21 heavy (non-hydrogen) atoms. The van der Waals surface area contributed by atoms with Crippen LogP contribution in [0.3, 0.4) is 0 Å². The summed E-state index contributed by atoms with van der Waals surface area (Å²) in [7, 11) is 0. The summed E-state index contributed by atoms with van der Waals surface area (Å²) in [6, 6.07) is 4.86. The van der Waals surface area contributed by atoms with Gasteiger partial charge >= 0.3 is 0 Å². The molecule has 0 saturated heterocycles. The second-order valence-electron chi connectivity index (χ2n) is 4.52. The van der Waals surface area contributed by atoms with E-state index in [1.54, 1.807) is 18.2 Å².